The lowest BCUT2D eigenvalue weighted by Crippen LogP contribution is -2.17. The Morgan fingerprint density at radius 1 is 1.19 bits per heavy atom. The number of aromatic nitrogens is 4. The van der Waals surface area contributed by atoms with Crippen LogP contribution in [0.15, 0.2) is 24.4 Å². The van der Waals surface area contributed by atoms with Gasteiger partial charge in [0.15, 0.2) is 0 Å². The molecular formula is C13H19N7O. The molecule has 0 saturated heterocycles. The van der Waals surface area contributed by atoms with Crippen molar-refractivity contribution in [2.45, 2.75) is 26.4 Å². The SMILES string of the molecule is CC(C)Oc1nc(NN)nc(NCCc2ccccn2)n1. The van der Waals surface area contributed by atoms with E-state index in [1.807, 2.05) is 32.0 Å². The first-order chi connectivity index (χ1) is 10.2. The summed E-state index contributed by atoms with van der Waals surface area (Å²) in [4.78, 5) is 16.6. The minimum Gasteiger partial charge on any atom is -0.461 e. The predicted molar refractivity (Wildman–Crippen MR) is 79.8 cm³/mol. The van der Waals surface area contributed by atoms with E-state index in [9.17, 15) is 0 Å². The predicted octanol–water partition coefficient (Wildman–Crippen LogP) is 0.994. The number of pyridine rings is 1. The summed E-state index contributed by atoms with van der Waals surface area (Å²) in [6.07, 6.45) is 2.50. The molecule has 0 spiro atoms. The van der Waals surface area contributed by atoms with Gasteiger partial charge in [0, 0.05) is 24.9 Å². The zero-order chi connectivity index (χ0) is 15.1. The largest absolute Gasteiger partial charge is 0.461 e. The molecule has 2 heterocycles. The van der Waals surface area contributed by atoms with Gasteiger partial charge in [-0.1, -0.05) is 6.07 Å². The fraction of sp³-hybridized carbons (Fsp3) is 0.385. The first-order valence-electron chi connectivity index (χ1n) is 6.70. The molecule has 0 saturated carbocycles. The van der Waals surface area contributed by atoms with Crippen LogP contribution in [0.25, 0.3) is 0 Å². The Bertz CT molecular complexity index is 562. The number of nitrogens with two attached hydrogens (primary N) is 1. The molecule has 0 unspecified atom stereocenters. The quantitative estimate of drug-likeness (QED) is 0.511. The van der Waals surface area contributed by atoms with Crippen molar-refractivity contribution in [3.8, 4) is 6.01 Å². The lowest BCUT2D eigenvalue weighted by atomic mass is 10.3. The molecule has 2 rings (SSSR count). The van der Waals surface area contributed by atoms with Gasteiger partial charge >= 0.3 is 6.01 Å². The second kappa shape index (κ2) is 7.34. The average molecular weight is 289 g/mol. The number of rotatable bonds is 7. The van der Waals surface area contributed by atoms with Crippen LogP contribution in [0.4, 0.5) is 11.9 Å². The van der Waals surface area contributed by atoms with Crippen LogP contribution in [0.1, 0.15) is 19.5 Å². The molecule has 0 amide bonds. The second-order valence-electron chi connectivity index (χ2n) is 4.57. The van der Waals surface area contributed by atoms with Crippen LogP contribution >= 0.6 is 0 Å². The number of nitrogens with zero attached hydrogens (tertiary/aromatic N) is 4. The molecule has 2 aromatic heterocycles. The smallest absolute Gasteiger partial charge is 0.323 e. The molecule has 0 fully saturated rings. The lowest BCUT2D eigenvalue weighted by molar-refractivity contribution is 0.222. The van der Waals surface area contributed by atoms with Crippen molar-refractivity contribution in [3.05, 3.63) is 30.1 Å². The Balaban J connectivity index is 1.98. The Morgan fingerprint density at radius 3 is 2.67 bits per heavy atom. The molecule has 0 aliphatic heterocycles. The van der Waals surface area contributed by atoms with Gasteiger partial charge in [-0.05, 0) is 26.0 Å². The van der Waals surface area contributed by atoms with Gasteiger partial charge in [0.1, 0.15) is 0 Å². The van der Waals surface area contributed by atoms with E-state index in [1.165, 1.54) is 0 Å². The topological polar surface area (TPSA) is 111 Å². The maximum Gasteiger partial charge on any atom is 0.323 e. The summed E-state index contributed by atoms with van der Waals surface area (Å²) in [6.45, 7) is 4.44. The van der Waals surface area contributed by atoms with Gasteiger partial charge in [-0.2, -0.15) is 15.0 Å². The van der Waals surface area contributed by atoms with E-state index < -0.39 is 0 Å². The Morgan fingerprint density at radius 2 is 2.00 bits per heavy atom. The van der Waals surface area contributed by atoms with Crippen molar-refractivity contribution < 1.29 is 4.74 Å². The third kappa shape index (κ3) is 4.84. The van der Waals surface area contributed by atoms with Crippen molar-refractivity contribution in [2.75, 3.05) is 17.3 Å². The maximum absolute atomic E-state index is 5.45. The highest BCUT2D eigenvalue weighted by molar-refractivity contribution is 5.35. The van der Waals surface area contributed by atoms with Crippen LogP contribution < -0.4 is 21.3 Å². The fourth-order valence-corrected chi connectivity index (χ4v) is 1.61. The van der Waals surface area contributed by atoms with Gasteiger partial charge in [-0.3, -0.25) is 10.4 Å². The average Bonchev–Trinajstić information content (AvgIpc) is 2.47. The van der Waals surface area contributed by atoms with Gasteiger partial charge in [0.2, 0.25) is 11.9 Å². The standard InChI is InChI=1S/C13H19N7O/c1-9(2)21-13-18-11(17-12(19-13)20-14)16-8-6-10-5-3-4-7-15-10/h3-5,7,9H,6,8,14H2,1-2H3,(H2,16,17,18,19,20). The zero-order valence-electron chi connectivity index (χ0n) is 12.1. The van der Waals surface area contributed by atoms with Crippen LogP contribution in [0.3, 0.4) is 0 Å². The lowest BCUT2D eigenvalue weighted by Gasteiger charge is -2.11. The van der Waals surface area contributed by atoms with Crippen molar-refractivity contribution in [3.63, 3.8) is 0 Å². The van der Waals surface area contributed by atoms with E-state index in [0.717, 1.165) is 12.1 Å². The molecule has 0 aliphatic carbocycles. The maximum atomic E-state index is 5.45. The van der Waals surface area contributed by atoms with Gasteiger partial charge in [0.05, 0.1) is 6.10 Å². The van der Waals surface area contributed by atoms with E-state index in [4.69, 9.17) is 10.6 Å². The summed E-state index contributed by atoms with van der Waals surface area (Å²) in [7, 11) is 0. The third-order valence-electron chi connectivity index (χ3n) is 2.48. The summed E-state index contributed by atoms with van der Waals surface area (Å²) in [6, 6.07) is 6.04. The third-order valence-corrected chi connectivity index (χ3v) is 2.48. The molecule has 112 valence electrons. The number of anilines is 2. The number of hydrogen-bond acceptors (Lipinski definition) is 8. The summed E-state index contributed by atoms with van der Waals surface area (Å²) < 4.78 is 5.45. The van der Waals surface area contributed by atoms with Crippen LogP contribution in [0.5, 0.6) is 6.01 Å². The molecule has 0 aromatic carbocycles. The molecule has 0 atom stereocenters. The first-order valence-corrected chi connectivity index (χ1v) is 6.70. The number of ether oxygens (including phenoxy) is 1. The highest BCUT2D eigenvalue weighted by atomic mass is 16.5. The molecule has 0 bridgehead atoms. The molecule has 8 heteroatoms. The van der Waals surface area contributed by atoms with Crippen LogP contribution in [-0.4, -0.2) is 32.6 Å². The van der Waals surface area contributed by atoms with Crippen molar-refractivity contribution in [1.29, 1.82) is 0 Å². The van der Waals surface area contributed by atoms with Crippen molar-refractivity contribution in [1.82, 2.24) is 19.9 Å². The normalized spacial score (nSPS) is 10.5. The second-order valence-corrected chi connectivity index (χ2v) is 4.57. The molecule has 4 N–H and O–H groups in total. The van der Waals surface area contributed by atoms with Crippen LogP contribution in [0, 0.1) is 0 Å². The van der Waals surface area contributed by atoms with Gasteiger partial charge in [0.25, 0.3) is 0 Å². The minimum atomic E-state index is -0.0283. The van der Waals surface area contributed by atoms with E-state index in [0.29, 0.717) is 12.5 Å². The van der Waals surface area contributed by atoms with Gasteiger partial charge < -0.3 is 10.1 Å². The van der Waals surface area contributed by atoms with Crippen molar-refractivity contribution in [2.24, 2.45) is 5.84 Å². The summed E-state index contributed by atoms with van der Waals surface area (Å²) in [5.41, 5.74) is 3.39. The highest BCUT2D eigenvalue weighted by Crippen LogP contribution is 2.11. The van der Waals surface area contributed by atoms with E-state index >= 15 is 0 Å². The van der Waals surface area contributed by atoms with Gasteiger partial charge in [-0.15, -0.1) is 0 Å². The Kier molecular flexibility index (Phi) is 5.22. The number of nitrogens with one attached hydrogen (secondary N) is 2. The highest BCUT2D eigenvalue weighted by Gasteiger charge is 2.08. The molecule has 2 aromatic rings. The van der Waals surface area contributed by atoms with E-state index in [1.54, 1.807) is 6.20 Å². The zero-order valence-corrected chi connectivity index (χ0v) is 12.1. The van der Waals surface area contributed by atoms with Crippen molar-refractivity contribution >= 4 is 11.9 Å². The number of nitrogen functional groups attached to an aromatic ring is 1. The first kappa shape index (κ1) is 14.9. The van der Waals surface area contributed by atoms with Crippen LogP contribution in [0.2, 0.25) is 0 Å². The van der Waals surface area contributed by atoms with Gasteiger partial charge in [-0.25, -0.2) is 5.84 Å². The number of hydrogen-bond donors (Lipinski definition) is 3. The monoisotopic (exact) mass is 289 g/mol. The number of hydrazine groups is 1. The van der Waals surface area contributed by atoms with E-state index in [-0.39, 0.29) is 18.1 Å². The molecule has 0 aliphatic rings. The van der Waals surface area contributed by atoms with E-state index in [2.05, 4.69) is 30.7 Å². The Hall–Kier alpha value is -2.48. The molecule has 0 radical (unpaired) electrons. The Labute approximate surface area is 123 Å². The summed E-state index contributed by atoms with van der Waals surface area (Å²) >= 11 is 0. The summed E-state index contributed by atoms with van der Waals surface area (Å²) in [5.74, 6) is 6.00. The molecule has 21 heavy (non-hydrogen) atoms. The van der Waals surface area contributed by atoms with Crippen LogP contribution in [-0.2, 0) is 6.42 Å². The summed E-state index contributed by atoms with van der Waals surface area (Å²) in [5, 5.41) is 3.10. The fourth-order valence-electron chi connectivity index (χ4n) is 1.61. The minimum absolute atomic E-state index is 0.0283. The molecular weight excluding hydrogens is 270 g/mol. The molecule has 8 nitrogen and oxygen atoms in total.